The molecule has 0 bridgehead atoms. The first-order valence-electron chi connectivity index (χ1n) is 8.04. The second-order valence-electron chi connectivity index (χ2n) is 5.78. The number of nitrogens with two attached hydrogens (primary N) is 1. The number of carbonyl (C=O) groups is 1. The number of methoxy groups -OCH3 is 1. The molecule has 0 atom stereocenters. The van der Waals surface area contributed by atoms with Crippen molar-refractivity contribution in [2.24, 2.45) is 5.84 Å². The average Bonchev–Trinajstić information content (AvgIpc) is 3.17. The molecule has 0 saturated carbocycles. The number of hydrogen-bond donors (Lipinski definition) is 3. The Labute approximate surface area is 151 Å². The van der Waals surface area contributed by atoms with Crippen LogP contribution in [-0.2, 0) is 6.61 Å². The first kappa shape index (κ1) is 17.5. The molecule has 134 valence electrons. The van der Waals surface area contributed by atoms with E-state index in [1.807, 2.05) is 49.4 Å². The lowest BCUT2D eigenvalue weighted by molar-refractivity contribution is 0.0948. The van der Waals surface area contributed by atoms with Gasteiger partial charge in [-0.25, -0.2) is 5.84 Å². The highest BCUT2D eigenvalue weighted by molar-refractivity contribution is 5.92. The Hall–Kier alpha value is -3.32. The summed E-state index contributed by atoms with van der Waals surface area (Å²) in [5.74, 6) is 5.90. The zero-order valence-corrected chi connectivity index (χ0v) is 14.6. The molecule has 0 aliphatic heterocycles. The molecule has 0 saturated heterocycles. The molecule has 4 N–H and O–H groups in total. The molecule has 7 nitrogen and oxygen atoms in total. The number of benzene rings is 2. The number of rotatable bonds is 6. The molecule has 1 aromatic heterocycles. The second kappa shape index (κ2) is 7.71. The van der Waals surface area contributed by atoms with Crippen LogP contribution in [0.4, 0.5) is 0 Å². The minimum absolute atomic E-state index is 0.279. The van der Waals surface area contributed by atoms with E-state index in [1.54, 1.807) is 13.2 Å². The first-order chi connectivity index (χ1) is 12.6. The van der Waals surface area contributed by atoms with Gasteiger partial charge < -0.3 is 9.47 Å². The first-order valence-corrected chi connectivity index (χ1v) is 8.04. The molecular formula is C19H20N4O3. The third kappa shape index (κ3) is 3.84. The molecule has 0 aliphatic carbocycles. The van der Waals surface area contributed by atoms with E-state index in [9.17, 15) is 4.79 Å². The average molecular weight is 352 g/mol. The summed E-state index contributed by atoms with van der Waals surface area (Å²) in [4.78, 5) is 11.5. The van der Waals surface area contributed by atoms with Crippen molar-refractivity contribution in [2.45, 2.75) is 13.5 Å². The van der Waals surface area contributed by atoms with Gasteiger partial charge in [-0.2, -0.15) is 5.10 Å². The number of hydrazine groups is 1. The number of ether oxygens (including phenoxy) is 2. The molecule has 0 spiro atoms. The number of aromatic amines is 1. The van der Waals surface area contributed by atoms with Crippen LogP contribution in [0, 0.1) is 6.92 Å². The molecular weight excluding hydrogens is 332 g/mol. The number of amides is 1. The fraction of sp³-hybridized carbons (Fsp3) is 0.158. The van der Waals surface area contributed by atoms with Crippen molar-refractivity contribution >= 4 is 5.91 Å². The molecule has 0 aliphatic rings. The van der Waals surface area contributed by atoms with Crippen LogP contribution in [0.25, 0.3) is 11.3 Å². The Morgan fingerprint density at radius 1 is 1.15 bits per heavy atom. The summed E-state index contributed by atoms with van der Waals surface area (Å²) in [6.07, 6.45) is 0. The van der Waals surface area contributed by atoms with E-state index in [4.69, 9.17) is 15.3 Å². The molecule has 1 heterocycles. The van der Waals surface area contributed by atoms with Crippen molar-refractivity contribution in [1.29, 1.82) is 0 Å². The summed E-state index contributed by atoms with van der Waals surface area (Å²) >= 11 is 0. The number of aryl methyl sites for hydroxylation is 1. The van der Waals surface area contributed by atoms with E-state index in [1.165, 1.54) is 5.56 Å². The highest BCUT2D eigenvalue weighted by Gasteiger charge is 2.12. The molecule has 0 fully saturated rings. The summed E-state index contributed by atoms with van der Waals surface area (Å²) in [7, 11) is 1.58. The summed E-state index contributed by atoms with van der Waals surface area (Å²) in [6.45, 7) is 2.49. The quantitative estimate of drug-likeness (QED) is 0.359. The number of carbonyl (C=O) groups excluding carboxylic acids is 1. The van der Waals surface area contributed by atoms with Gasteiger partial charge in [0.1, 0.15) is 12.3 Å². The van der Waals surface area contributed by atoms with Crippen molar-refractivity contribution in [3.63, 3.8) is 0 Å². The molecule has 3 rings (SSSR count). The van der Waals surface area contributed by atoms with Gasteiger partial charge in [-0.05, 0) is 36.8 Å². The van der Waals surface area contributed by atoms with Crippen LogP contribution in [0.3, 0.4) is 0 Å². The largest absolute Gasteiger partial charge is 0.493 e. The SMILES string of the molecule is COc1cc(-c2cc(C(=O)NN)[nH]n2)ccc1OCc1ccc(C)cc1. The van der Waals surface area contributed by atoms with Gasteiger partial charge in [-0.3, -0.25) is 15.3 Å². The lowest BCUT2D eigenvalue weighted by atomic mass is 10.1. The Morgan fingerprint density at radius 3 is 2.62 bits per heavy atom. The minimum atomic E-state index is -0.436. The van der Waals surface area contributed by atoms with Crippen LogP contribution in [0.1, 0.15) is 21.6 Å². The van der Waals surface area contributed by atoms with Gasteiger partial charge in [0, 0.05) is 5.56 Å². The lowest BCUT2D eigenvalue weighted by Gasteiger charge is -2.12. The molecule has 2 aromatic carbocycles. The molecule has 0 radical (unpaired) electrons. The number of hydrogen-bond acceptors (Lipinski definition) is 5. The number of nitrogens with one attached hydrogen (secondary N) is 2. The third-order valence-corrected chi connectivity index (χ3v) is 3.93. The van der Waals surface area contributed by atoms with E-state index in [0.29, 0.717) is 23.8 Å². The fourth-order valence-corrected chi connectivity index (χ4v) is 2.46. The van der Waals surface area contributed by atoms with Gasteiger partial charge >= 0.3 is 0 Å². The van der Waals surface area contributed by atoms with Gasteiger partial charge in [0.05, 0.1) is 12.8 Å². The van der Waals surface area contributed by atoms with Crippen LogP contribution in [0.2, 0.25) is 0 Å². The summed E-state index contributed by atoms with van der Waals surface area (Å²) in [5, 5.41) is 6.77. The molecule has 7 heteroatoms. The molecule has 3 aromatic rings. The maximum Gasteiger partial charge on any atom is 0.283 e. The highest BCUT2D eigenvalue weighted by Crippen LogP contribution is 2.32. The minimum Gasteiger partial charge on any atom is -0.493 e. The summed E-state index contributed by atoms with van der Waals surface area (Å²) in [6, 6.07) is 15.3. The van der Waals surface area contributed by atoms with Crippen molar-refractivity contribution in [1.82, 2.24) is 15.6 Å². The zero-order chi connectivity index (χ0) is 18.5. The monoisotopic (exact) mass is 352 g/mol. The molecule has 1 amide bonds. The van der Waals surface area contributed by atoms with Crippen molar-refractivity contribution in [3.8, 4) is 22.8 Å². The maximum absolute atomic E-state index is 11.5. The van der Waals surface area contributed by atoms with Crippen LogP contribution in [0.5, 0.6) is 11.5 Å². The maximum atomic E-state index is 11.5. The molecule has 0 unspecified atom stereocenters. The van der Waals surface area contributed by atoms with E-state index in [0.717, 1.165) is 11.1 Å². The van der Waals surface area contributed by atoms with Crippen LogP contribution < -0.4 is 20.7 Å². The standard InChI is InChI=1S/C19H20N4O3/c1-12-3-5-13(6-4-12)11-26-17-8-7-14(9-18(17)25-2)15-10-16(23-22-15)19(24)21-20/h3-10H,11,20H2,1-2H3,(H,21,24)(H,22,23). The Balaban J connectivity index is 1.78. The fourth-order valence-electron chi connectivity index (χ4n) is 2.46. The van der Waals surface area contributed by atoms with Gasteiger partial charge in [-0.1, -0.05) is 29.8 Å². The van der Waals surface area contributed by atoms with E-state index < -0.39 is 5.91 Å². The summed E-state index contributed by atoms with van der Waals surface area (Å²) < 4.78 is 11.3. The normalized spacial score (nSPS) is 10.4. The van der Waals surface area contributed by atoms with Gasteiger partial charge in [-0.15, -0.1) is 0 Å². The highest BCUT2D eigenvalue weighted by atomic mass is 16.5. The van der Waals surface area contributed by atoms with Crippen molar-refractivity contribution in [3.05, 3.63) is 65.4 Å². The Morgan fingerprint density at radius 2 is 1.92 bits per heavy atom. The number of nitrogen functional groups attached to an aromatic ring is 1. The van der Waals surface area contributed by atoms with Crippen molar-refractivity contribution in [2.75, 3.05) is 7.11 Å². The predicted octanol–water partition coefficient (Wildman–Crippen LogP) is 2.58. The van der Waals surface area contributed by atoms with E-state index in [2.05, 4.69) is 15.6 Å². The Bertz CT molecular complexity index is 903. The smallest absolute Gasteiger partial charge is 0.283 e. The Kier molecular flexibility index (Phi) is 5.19. The third-order valence-electron chi connectivity index (χ3n) is 3.93. The van der Waals surface area contributed by atoms with E-state index >= 15 is 0 Å². The van der Waals surface area contributed by atoms with E-state index in [-0.39, 0.29) is 5.69 Å². The number of H-pyrrole nitrogens is 1. The number of aromatic nitrogens is 2. The van der Waals surface area contributed by atoms with Gasteiger partial charge in [0.2, 0.25) is 0 Å². The molecule has 26 heavy (non-hydrogen) atoms. The zero-order valence-electron chi connectivity index (χ0n) is 14.6. The number of nitrogens with zero attached hydrogens (tertiary/aromatic N) is 1. The topological polar surface area (TPSA) is 102 Å². The second-order valence-corrected chi connectivity index (χ2v) is 5.78. The van der Waals surface area contributed by atoms with Gasteiger partial charge in [0.25, 0.3) is 5.91 Å². The summed E-state index contributed by atoms with van der Waals surface area (Å²) in [5.41, 5.74) is 6.01. The van der Waals surface area contributed by atoms with Crippen LogP contribution >= 0.6 is 0 Å². The van der Waals surface area contributed by atoms with Crippen LogP contribution in [-0.4, -0.2) is 23.2 Å². The van der Waals surface area contributed by atoms with Crippen molar-refractivity contribution < 1.29 is 14.3 Å². The lowest BCUT2D eigenvalue weighted by Crippen LogP contribution is -2.30. The predicted molar refractivity (Wildman–Crippen MR) is 97.7 cm³/mol. The van der Waals surface area contributed by atoms with Gasteiger partial charge in [0.15, 0.2) is 11.5 Å². The van der Waals surface area contributed by atoms with Crippen LogP contribution in [0.15, 0.2) is 48.5 Å².